The van der Waals surface area contributed by atoms with Gasteiger partial charge in [0.1, 0.15) is 0 Å². The molecule has 0 spiro atoms. The first-order chi connectivity index (χ1) is 9.89. The number of aryl methyl sites for hydroxylation is 2. The number of benzene rings is 1. The topological polar surface area (TPSA) is 51.2 Å². The predicted molar refractivity (Wildman–Crippen MR) is 83.3 cm³/mol. The summed E-state index contributed by atoms with van der Waals surface area (Å²) >= 11 is 0. The fourth-order valence-electron chi connectivity index (χ4n) is 3.75. The zero-order valence-electron chi connectivity index (χ0n) is 12.6. The summed E-state index contributed by atoms with van der Waals surface area (Å²) in [5, 5.41) is -0.573. The van der Waals surface area contributed by atoms with Gasteiger partial charge in [0.15, 0.2) is 15.6 Å². The second-order valence-corrected chi connectivity index (χ2v) is 9.11. The lowest BCUT2D eigenvalue weighted by Crippen LogP contribution is -2.45. The van der Waals surface area contributed by atoms with E-state index < -0.39 is 9.84 Å². The van der Waals surface area contributed by atoms with E-state index in [1.165, 1.54) is 5.56 Å². The molecule has 0 N–H and O–H groups in total. The minimum Gasteiger partial charge on any atom is -0.294 e. The van der Waals surface area contributed by atoms with Gasteiger partial charge in [0.25, 0.3) is 0 Å². The first kappa shape index (κ1) is 14.8. The molecule has 0 aliphatic carbocycles. The number of ketones is 1. The molecule has 0 amide bonds. The van der Waals surface area contributed by atoms with Crippen LogP contribution in [0.3, 0.4) is 0 Å². The maximum atomic E-state index is 12.7. The van der Waals surface area contributed by atoms with Gasteiger partial charge in [-0.05, 0) is 56.7 Å². The van der Waals surface area contributed by atoms with Gasteiger partial charge in [0, 0.05) is 11.5 Å². The van der Waals surface area contributed by atoms with Gasteiger partial charge in [-0.25, -0.2) is 8.42 Å². The second-order valence-electron chi connectivity index (χ2n) is 6.60. The van der Waals surface area contributed by atoms with Crippen molar-refractivity contribution in [1.29, 1.82) is 0 Å². The molecule has 1 aromatic rings. The van der Waals surface area contributed by atoms with Crippen LogP contribution in [0.5, 0.6) is 0 Å². The molecular weight excluding hydrogens is 284 g/mol. The molecule has 114 valence electrons. The molecule has 2 fully saturated rings. The summed E-state index contributed by atoms with van der Waals surface area (Å²) in [6.07, 6.45) is 3.49. The Morgan fingerprint density at radius 1 is 1.05 bits per heavy atom. The van der Waals surface area contributed by atoms with E-state index in [0.717, 1.165) is 30.4 Å². The van der Waals surface area contributed by atoms with Crippen molar-refractivity contribution >= 4 is 15.6 Å². The quantitative estimate of drug-likeness (QED) is 0.788. The minimum absolute atomic E-state index is 0.120. The summed E-state index contributed by atoms with van der Waals surface area (Å²) in [4.78, 5) is 12.7. The Balaban J connectivity index is 1.85. The van der Waals surface area contributed by atoms with Crippen molar-refractivity contribution in [1.82, 2.24) is 0 Å². The molecule has 4 heteroatoms. The smallest absolute Gasteiger partial charge is 0.166 e. The van der Waals surface area contributed by atoms with E-state index in [9.17, 15) is 13.2 Å². The monoisotopic (exact) mass is 306 g/mol. The van der Waals surface area contributed by atoms with Crippen molar-refractivity contribution in [3.8, 4) is 0 Å². The number of rotatable bonds is 2. The molecule has 2 aliphatic heterocycles. The van der Waals surface area contributed by atoms with E-state index in [1.807, 2.05) is 32.0 Å². The number of Topliss-reactive ketones (excluding diaryl/α,β-unsaturated/α-hetero) is 1. The van der Waals surface area contributed by atoms with E-state index >= 15 is 0 Å². The highest BCUT2D eigenvalue weighted by Crippen LogP contribution is 2.40. The Hall–Kier alpha value is -1.16. The lowest BCUT2D eigenvalue weighted by molar-refractivity contribution is 0.0894. The fraction of sp³-hybridized carbons (Fsp3) is 0.588. The predicted octanol–water partition coefficient (Wildman–Crippen LogP) is 3.23. The molecular formula is C17H22O3S. The minimum atomic E-state index is -2.98. The number of hydrogen-bond acceptors (Lipinski definition) is 3. The van der Waals surface area contributed by atoms with Gasteiger partial charge >= 0.3 is 0 Å². The van der Waals surface area contributed by atoms with Gasteiger partial charge < -0.3 is 0 Å². The first-order valence-electron chi connectivity index (χ1n) is 7.74. The molecule has 2 bridgehead atoms. The van der Waals surface area contributed by atoms with E-state index in [0.29, 0.717) is 12.8 Å². The third-order valence-electron chi connectivity index (χ3n) is 5.24. The third-order valence-corrected chi connectivity index (χ3v) is 7.95. The van der Waals surface area contributed by atoms with Gasteiger partial charge in [-0.1, -0.05) is 18.6 Å². The molecule has 1 aromatic carbocycles. The molecule has 0 saturated carbocycles. The number of sulfone groups is 1. The van der Waals surface area contributed by atoms with Crippen LogP contribution in [-0.4, -0.2) is 24.7 Å². The molecule has 2 atom stereocenters. The summed E-state index contributed by atoms with van der Waals surface area (Å²) in [7, 11) is -2.98. The molecule has 0 aromatic heterocycles. The van der Waals surface area contributed by atoms with E-state index in [4.69, 9.17) is 0 Å². The Bertz CT molecular complexity index is 655. The maximum absolute atomic E-state index is 12.7. The Labute approximate surface area is 126 Å². The van der Waals surface area contributed by atoms with Crippen molar-refractivity contribution < 1.29 is 13.2 Å². The molecule has 21 heavy (non-hydrogen) atoms. The van der Waals surface area contributed by atoms with Crippen LogP contribution in [0, 0.1) is 19.8 Å². The standard InChI is InChI=1S/C17H22O3S/c1-11-6-7-13(8-12(11)2)17(18)14-9-15-4-3-5-16(10-14)21(15,19)20/h6-8,14-16H,3-5,9-10H2,1-2H3. The van der Waals surface area contributed by atoms with E-state index in [2.05, 4.69) is 0 Å². The van der Waals surface area contributed by atoms with Crippen molar-refractivity contribution in [2.24, 2.45) is 5.92 Å². The summed E-state index contributed by atoms with van der Waals surface area (Å²) in [6, 6.07) is 5.79. The number of fused-ring (bicyclic) bond motifs is 2. The van der Waals surface area contributed by atoms with Crippen molar-refractivity contribution in [2.45, 2.75) is 56.5 Å². The summed E-state index contributed by atoms with van der Waals surface area (Å²) in [5.74, 6) is 0.0100. The van der Waals surface area contributed by atoms with Crippen molar-refractivity contribution in [3.63, 3.8) is 0 Å². The molecule has 2 unspecified atom stereocenters. The van der Waals surface area contributed by atoms with Gasteiger partial charge in [-0.2, -0.15) is 0 Å². The molecule has 2 aliphatic rings. The lowest BCUT2D eigenvalue weighted by Gasteiger charge is -2.38. The highest BCUT2D eigenvalue weighted by molar-refractivity contribution is 7.92. The molecule has 3 rings (SSSR count). The van der Waals surface area contributed by atoms with Crippen LogP contribution in [0.15, 0.2) is 18.2 Å². The number of carbonyl (C=O) groups is 1. The number of hydrogen-bond donors (Lipinski definition) is 0. The first-order valence-corrected chi connectivity index (χ1v) is 9.34. The van der Waals surface area contributed by atoms with Gasteiger partial charge in [-0.15, -0.1) is 0 Å². The van der Waals surface area contributed by atoms with Crippen LogP contribution in [-0.2, 0) is 9.84 Å². The molecule has 2 heterocycles. The average molecular weight is 306 g/mol. The van der Waals surface area contributed by atoms with E-state index in [1.54, 1.807) is 0 Å². The van der Waals surface area contributed by atoms with Crippen LogP contribution >= 0.6 is 0 Å². The maximum Gasteiger partial charge on any atom is 0.166 e. The van der Waals surface area contributed by atoms with Gasteiger partial charge in [0.2, 0.25) is 0 Å². The van der Waals surface area contributed by atoms with Crippen LogP contribution in [0.2, 0.25) is 0 Å². The highest BCUT2D eigenvalue weighted by Gasteiger charge is 2.46. The molecule has 3 nitrogen and oxygen atoms in total. The average Bonchev–Trinajstić information content (AvgIpc) is 2.40. The third kappa shape index (κ3) is 2.54. The van der Waals surface area contributed by atoms with Gasteiger partial charge in [0.05, 0.1) is 10.5 Å². The zero-order valence-corrected chi connectivity index (χ0v) is 13.4. The summed E-state index contributed by atoms with van der Waals surface area (Å²) in [5.41, 5.74) is 3.03. The highest BCUT2D eigenvalue weighted by atomic mass is 32.2. The van der Waals surface area contributed by atoms with Crippen LogP contribution in [0.25, 0.3) is 0 Å². The SMILES string of the molecule is Cc1ccc(C(=O)C2CC3CCCC(C2)S3(=O)=O)cc1C. The molecule has 0 radical (unpaired) electrons. The van der Waals surface area contributed by atoms with E-state index in [-0.39, 0.29) is 22.2 Å². The molecule has 2 saturated heterocycles. The Morgan fingerprint density at radius 2 is 1.67 bits per heavy atom. The normalized spacial score (nSPS) is 30.9. The second kappa shape index (κ2) is 5.24. The summed E-state index contributed by atoms with van der Waals surface area (Å²) in [6.45, 7) is 4.04. The van der Waals surface area contributed by atoms with Crippen LogP contribution < -0.4 is 0 Å². The van der Waals surface area contributed by atoms with Crippen LogP contribution in [0.1, 0.15) is 53.6 Å². The summed E-state index contributed by atoms with van der Waals surface area (Å²) < 4.78 is 24.6. The van der Waals surface area contributed by atoms with Gasteiger partial charge in [-0.3, -0.25) is 4.79 Å². The zero-order chi connectivity index (χ0) is 15.2. The van der Waals surface area contributed by atoms with Crippen molar-refractivity contribution in [3.05, 3.63) is 34.9 Å². The van der Waals surface area contributed by atoms with Crippen LogP contribution in [0.4, 0.5) is 0 Å². The Kier molecular flexibility index (Phi) is 3.68. The van der Waals surface area contributed by atoms with Crippen molar-refractivity contribution in [2.75, 3.05) is 0 Å². The lowest BCUT2D eigenvalue weighted by atomic mass is 9.84. The number of carbonyl (C=O) groups excluding carboxylic acids is 1. The Morgan fingerprint density at radius 3 is 2.24 bits per heavy atom. The fourth-order valence-corrected chi connectivity index (χ4v) is 6.29. The largest absolute Gasteiger partial charge is 0.294 e.